The summed E-state index contributed by atoms with van der Waals surface area (Å²) in [6.45, 7) is 1.16. The maximum absolute atomic E-state index is 13.0. The third-order valence-electron chi connectivity index (χ3n) is 5.23. The van der Waals surface area contributed by atoms with Gasteiger partial charge in [0, 0.05) is 57.0 Å². The van der Waals surface area contributed by atoms with Gasteiger partial charge in [0.25, 0.3) is 0 Å². The Balaban J connectivity index is 1.55. The lowest BCUT2D eigenvalue weighted by atomic mass is 10.1. The van der Waals surface area contributed by atoms with Crippen molar-refractivity contribution in [1.29, 1.82) is 0 Å². The van der Waals surface area contributed by atoms with Gasteiger partial charge in [0.05, 0.1) is 0 Å². The van der Waals surface area contributed by atoms with E-state index in [1.165, 1.54) is 0 Å². The Morgan fingerprint density at radius 1 is 0.806 bits per heavy atom. The summed E-state index contributed by atoms with van der Waals surface area (Å²) >= 11 is 0. The third-order valence-corrected chi connectivity index (χ3v) is 5.23. The van der Waals surface area contributed by atoms with Crippen LogP contribution in [-0.2, 0) is 22.6 Å². The summed E-state index contributed by atoms with van der Waals surface area (Å²) in [6, 6.07) is 25.4. The van der Waals surface area contributed by atoms with E-state index in [1.54, 1.807) is 18.1 Å². The van der Waals surface area contributed by atoms with Crippen molar-refractivity contribution in [2.45, 2.75) is 32.2 Å². The van der Waals surface area contributed by atoms with Gasteiger partial charge >= 0.3 is 0 Å². The van der Waals surface area contributed by atoms with Crippen molar-refractivity contribution in [2.24, 2.45) is 0 Å². The summed E-state index contributed by atoms with van der Waals surface area (Å²) in [5.41, 5.74) is 2.92. The molecule has 3 rings (SSSR count). The van der Waals surface area contributed by atoms with Gasteiger partial charge in [0.15, 0.2) is 0 Å². The second-order valence-electron chi connectivity index (χ2n) is 7.51. The van der Waals surface area contributed by atoms with Crippen LogP contribution in [0, 0.1) is 0 Å². The molecule has 0 spiro atoms. The van der Waals surface area contributed by atoms with Gasteiger partial charge in [0.1, 0.15) is 0 Å². The lowest BCUT2D eigenvalue weighted by Gasteiger charge is -2.23. The first-order valence-electron chi connectivity index (χ1n) is 10.7. The van der Waals surface area contributed by atoms with Crippen LogP contribution in [-0.4, -0.2) is 35.3 Å². The number of hydrogen-bond acceptors (Lipinski definition) is 3. The fraction of sp³-hybridized carbons (Fsp3) is 0.269. The van der Waals surface area contributed by atoms with Crippen LogP contribution in [0.15, 0.2) is 85.1 Å². The summed E-state index contributed by atoms with van der Waals surface area (Å²) in [6.07, 6.45) is 3.70. The Morgan fingerprint density at radius 2 is 1.45 bits per heavy atom. The van der Waals surface area contributed by atoms with E-state index in [9.17, 15) is 9.59 Å². The molecule has 5 heteroatoms. The van der Waals surface area contributed by atoms with Crippen LogP contribution in [0.4, 0.5) is 5.69 Å². The summed E-state index contributed by atoms with van der Waals surface area (Å²) < 4.78 is 0. The van der Waals surface area contributed by atoms with E-state index in [-0.39, 0.29) is 11.8 Å². The smallest absolute Gasteiger partial charge is 0.226 e. The van der Waals surface area contributed by atoms with Gasteiger partial charge in [0.2, 0.25) is 11.8 Å². The highest BCUT2D eigenvalue weighted by atomic mass is 16.2. The fourth-order valence-electron chi connectivity index (χ4n) is 3.40. The third kappa shape index (κ3) is 7.07. The Labute approximate surface area is 184 Å². The van der Waals surface area contributed by atoms with Gasteiger partial charge in [-0.2, -0.15) is 0 Å². The second kappa shape index (κ2) is 11.6. The molecule has 0 unspecified atom stereocenters. The standard InChI is InChI=1S/C26H29N3O2/c1-28(24-14-6-3-7-15-24)25(30)16-10-17-26(31)29(21-22-11-4-2-5-12-22)20-18-23-13-8-9-19-27-23/h2-9,11-15,19H,10,16-18,20-21H2,1H3. The van der Waals surface area contributed by atoms with Crippen molar-refractivity contribution in [1.82, 2.24) is 9.88 Å². The molecule has 1 heterocycles. The van der Waals surface area contributed by atoms with Crippen molar-refractivity contribution < 1.29 is 9.59 Å². The van der Waals surface area contributed by atoms with E-state index in [1.807, 2.05) is 83.8 Å². The van der Waals surface area contributed by atoms with Crippen LogP contribution in [0.2, 0.25) is 0 Å². The highest BCUT2D eigenvalue weighted by molar-refractivity contribution is 5.93. The molecule has 0 aliphatic carbocycles. The van der Waals surface area contributed by atoms with Crippen molar-refractivity contribution in [3.8, 4) is 0 Å². The molecule has 0 aliphatic rings. The lowest BCUT2D eigenvalue weighted by molar-refractivity contribution is -0.132. The van der Waals surface area contributed by atoms with Crippen LogP contribution in [0.1, 0.15) is 30.5 Å². The molecule has 0 N–H and O–H groups in total. The van der Waals surface area contributed by atoms with Crippen LogP contribution in [0.5, 0.6) is 0 Å². The number of aromatic nitrogens is 1. The largest absolute Gasteiger partial charge is 0.338 e. The number of hydrogen-bond donors (Lipinski definition) is 0. The molecule has 0 atom stereocenters. The van der Waals surface area contributed by atoms with E-state index in [0.29, 0.717) is 38.8 Å². The zero-order valence-corrected chi connectivity index (χ0v) is 18.0. The van der Waals surface area contributed by atoms with Crippen LogP contribution in [0.25, 0.3) is 0 Å². The normalized spacial score (nSPS) is 10.5. The molecule has 3 aromatic rings. The number of benzene rings is 2. The number of carbonyl (C=O) groups is 2. The fourth-order valence-corrected chi connectivity index (χ4v) is 3.40. The Morgan fingerprint density at radius 3 is 2.13 bits per heavy atom. The van der Waals surface area contributed by atoms with Gasteiger partial charge < -0.3 is 9.80 Å². The number of anilines is 1. The number of pyridine rings is 1. The van der Waals surface area contributed by atoms with Gasteiger partial charge in [-0.05, 0) is 36.2 Å². The molecule has 0 saturated heterocycles. The number of rotatable bonds is 10. The maximum Gasteiger partial charge on any atom is 0.226 e. The SMILES string of the molecule is CN(C(=O)CCCC(=O)N(CCc1ccccn1)Cc1ccccc1)c1ccccc1. The first kappa shape index (κ1) is 22.2. The average Bonchev–Trinajstić information content (AvgIpc) is 2.83. The van der Waals surface area contributed by atoms with Crippen molar-refractivity contribution in [2.75, 3.05) is 18.5 Å². The molecule has 0 fully saturated rings. The minimum Gasteiger partial charge on any atom is -0.338 e. The molecular formula is C26H29N3O2. The first-order chi connectivity index (χ1) is 15.1. The zero-order chi connectivity index (χ0) is 21.9. The molecule has 0 aliphatic heterocycles. The number of para-hydroxylation sites is 1. The molecule has 0 saturated carbocycles. The Bertz CT molecular complexity index is 946. The van der Waals surface area contributed by atoms with Gasteiger partial charge in [-0.3, -0.25) is 14.6 Å². The molecule has 0 bridgehead atoms. The predicted octanol–water partition coefficient (Wildman–Crippen LogP) is 4.49. The van der Waals surface area contributed by atoms with E-state index >= 15 is 0 Å². The van der Waals surface area contributed by atoms with Gasteiger partial charge in [-0.25, -0.2) is 0 Å². The monoisotopic (exact) mass is 415 g/mol. The van der Waals surface area contributed by atoms with Crippen LogP contribution >= 0.6 is 0 Å². The summed E-state index contributed by atoms with van der Waals surface area (Å²) in [5.74, 6) is 0.0806. The van der Waals surface area contributed by atoms with Crippen molar-refractivity contribution in [3.05, 3.63) is 96.3 Å². The molecule has 2 aromatic carbocycles. The van der Waals surface area contributed by atoms with E-state index in [0.717, 1.165) is 16.9 Å². The minimum atomic E-state index is 0.0158. The number of nitrogens with zero attached hydrogens (tertiary/aromatic N) is 3. The van der Waals surface area contributed by atoms with Gasteiger partial charge in [-0.15, -0.1) is 0 Å². The minimum absolute atomic E-state index is 0.0158. The topological polar surface area (TPSA) is 53.5 Å². The maximum atomic E-state index is 13.0. The Hall–Kier alpha value is -3.47. The highest BCUT2D eigenvalue weighted by Crippen LogP contribution is 2.14. The van der Waals surface area contributed by atoms with Crippen LogP contribution in [0.3, 0.4) is 0 Å². The number of carbonyl (C=O) groups excluding carboxylic acids is 2. The van der Waals surface area contributed by atoms with E-state index in [2.05, 4.69) is 4.98 Å². The molecular weight excluding hydrogens is 386 g/mol. The van der Waals surface area contributed by atoms with Crippen molar-refractivity contribution >= 4 is 17.5 Å². The molecule has 31 heavy (non-hydrogen) atoms. The number of amides is 2. The van der Waals surface area contributed by atoms with Crippen LogP contribution < -0.4 is 4.90 Å². The Kier molecular flexibility index (Phi) is 8.35. The molecule has 5 nitrogen and oxygen atoms in total. The summed E-state index contributed by atoms with van der Waals surface area (Å²) in [4.78, 5) is 33.3. The highest BCUT2D eigenvalue weighted by Gasteiger charge is 2.16. The molecule has 2 amide bonds. The van der Waals surface area contributed by atoms with Gasteiger partial charge in [-0.1, -0.05) is 54.6 Å². The summed E-state index contributed by atoms with van der Waals surface area (Å²) in [7, 11) is 1.77. The average molecular weight is 416 g/mol. The second-order valence-corrected chi connectivity index (χ2v) is 7.51. The van der Waals surface area contributed by atoms with E-state index in [4.69, 9.17) is 0 Å². The zero-order valence-electron chi connectivity index (χ0n) is 18.0. The molecule has 160 valence electrons. The molecule has 1 aromatic heterocycles. The first-order valence-corrected chi connectivity index (χ1v) is 10.7. The quantitative estimate of drug-likeness (QED) is 0.490. The summed E-state index contributed by atoms with van der Waals surface area (Å²) in [5, 5.41) is 0. The van der Waals surface area contributed by atoms with E-state index < -0.39 is 0 Å². The molecule has 0 radical (unpaired) electrons. The van der Waals surface area contributed by atoms with Crippen molar-refractivity contribution in [3.63, 3.8) is 0 Å². The lowest BCUT2D eigenvalue weighted by Crippen LogP contribution is -2.33. The predicted molar refractivity (Wildman–Crippen MR) is 124 cm³/mol.